The highest BCUT2D eigenvalue weighted by Gasteiger charge is 2.11. The molecule has 0 spiro atoms. The number of thiocarbonyl (C=S) groups is 1. The molecule has 0 aliphatic rings. The van der Waals surface area contributed by atoms with Crippen LogP contribution in [0.3, 0.4) is 0 Å². The molecule has 0 saturated carbocycles. The Morgan fingerprint density at radius 2 is 1.68 bits per heavy atom. The number of carbonyl (C=O) groups is 1. The summed E-state index contributed by atoms with van der Waals surface area (Å²) in [5.74, 6) is 1.81. The SMILES string of the molecule is CC(C)c1ccc2oc(-c3ccc(NC(=S)NC(=O)C=Cc4ccc(-c5ccc(Cl)cc5)o4)cc3)nc2c1. The van der Waals surface area contributed by atoms with Crippen LogP contribution in [0.15, 0.2) is 93.8 Å². The fourth-order valence-corrected chi connectivity index (χ4v) is 4.15. The Labute approximate surface area is 230 Å². The van der Waals surface area contributed by atoms with Crippen molar-refractivity contribution < 1.29 is 13.6 Å². The van der Waals surface area contributed by atoms with E-state index in [2.05, 4.69) is 41.6 Å². The molecule has 0 bridgehead atoms. The van der Waals surface area contributed by atoms with Gasteiger partial charge in [-0.25, -0.2) is 4.98 Å². The van der Waals surface area contributed by atoms with Gasteiger partial charge in [-0.05, 0) is 103 Å². The van der Waals surface area contributed by atoms with Crippen LogP contribution in [-0.2, 0) is 4.79 Å². The number of hydrogen-bond acceptors (Lipinski definition) is 5. The summed E-state index contributed by atoms with van der Waals surface area (Å²) in [4.78, 5) is 17.0. The highest BCUT2D eigenvalue weighted by molar-refractivity contribution is 7.80. The van der Waals surface area contributed by atoms with Crippen LogP contribution < -0.4 is 10.6 Å². The Morgan fingerprint density at radius 3 is 2.42 bits per heavy atom. The van der Waals surface area contributed by atoms with Crippen molar-refractivity contribution in [2.24, 2.45) is 0 Å². The first-order valence-corrected chi connectivity index (χ1v) is 12.8. The first-order valence-electron chi connectivity index (χ1n) is 12.0. The maximum absolute atomic E-state index is 12.3. The number of amides is 1. The van der Waals surface area contributed by atoms with Crippen LogP contribution in [0.5, 0.6) is 0 Å². The van der Waals surface area contributed by atoms with Gasteiger partial charge in [0.15, 0.2) is 10.7 Å². The summed E-state index contributed by atoms with van der Waals surface area (Å²) in [5.41, 5.74) is 5.26. The third-order valence-corrected chi connectivity index (χ3v) is 6.32. The number of benzene rings is 3. The van der Waals surface area contributed by atoms with Gasteiger partial charge in [0.05, 0.1) is 0 Å². The van der Waals surface area contributed by atoms with Gasteiger partial charge < -0.3 is 14.2 Å². The predicted octanol–water partition coefficient (Wildman–Crippen LogP) is 8.06. The van der Waals surface area contributed by atoms with E-state index in [1.54, 1.807) is 24.3 Å². The zero-order valence-corrected chi connectivity index (χ0v) is 22.3. The lowest BCUT2D eigenvalue weighted by atomic mass is 10.0. The molecule has 6 nitrogen and oxygen atoms in total. The van der Waals surface area contributed by atoms with E-state index in [1.807, 2.05) is 48.5 Å². The van der Waals surface area contributed by atoms with Gasteiger partial charge in [0.2, 0.25) is 11.8 Å². The minimum atomic E-state index is -0.379. The summed E-state index contributed by atoms with van der Waals surface area (Å²) in [6.45, 7) is 4.30. The van der Waals surface area contributed by atoms with Crippen LogP contribution >= 0.6 is 23.8 Å². The summed E-state index contributed by atoms with van der Waals surface area (Å²) in [6, 6.07) is 24.5. The lowest BCUT2D eigenvalue weighted by Gasteiger charge is -2.08. The molecule has 190 valence electrons. The van der Waals surface area contributed by atoms with Gasteiger partial charge in [-0.15, -0.1) is 0 Å². The molecule has 38 heavy (non-hydrogen) atoms. The summed E-state index contributed by atoms with van der Waals surface area (Å²) >= 11 is 11.2. The van der Waals surface area contributed by atoms with E-state index in [1.165, 1.54) is 11.6 Å². The number of furan rings is 1. The van der Waals surface area contributed by atoms with E-state index >= 15 is 0 Å². The van der Waals surface area contributed by atoms with E-state index in [9.17, 15) is 4.79 Å². The maximum Gasteiger partial charge on any atom is 0.250 e. The van der Waals surface area contributed by atoms with E-state index < -0.39 is 0 Å². The molecule has 0 radical (unpaired) electrons. The van der Waals surface area contributed by atoms with Crippen LogP contribution in [0.4, 0.5) is 5.69 Å². The Hall–Kier alpha value is -4.20. The highest BCUT2D eigenvalue weighted by Crippen LogP contribution is 2.28. The number of aromatic nitrogens is 1. The molecule has 2 aromatic heterocycles. The monoisotopic (exact) mass is 541 g/mol. The summed E-state index contributed by atoms with van der Waals surface area (Å²) in [6.07, 6.45) is 2.94. The Balaban J connectivity index is 1.17. The first-order chi connectivity index (χ1) is 18.3. The standard InChI is InChI=1S/C30H24ClN3O3S/c1-18(2)21-7-14-27-25(17-21)33-29(37-27)20-5-10-23(11-6-20)32-30(38)34-28(35)16-13-24-12-15-26(36-24)19-3-8-22(31)9-4-19/h3-18H,1-2H3,(H2,32,34,35,38). The van der Waals surface area contributed by atoms with Gasteiger partial charge in [0.25, 0.3) is 0 Å². The van der Waals surface area contributed by atoms with Crippen molar-refractivity contribution in [1.82, 2.24) is 10.3 Å². The Bertz CT molecular complexity index is 1630. The van der Waals surface area contributed by atoms with E-state index in [0.717, 1.165) is 27.9 Å². The number of anilines is 1. The van der Waals surface area contributed by atoms with Crippen LogP contribution in [0.25, 0.3) is 40.0 Å². The third-order valence-electron chi connectivity index (χ3n) is 5.86. The third kappa shape index (κ3) is 6.02. The molecule has 8 heteroatoms. The molecule has 2 N–H and O–H groups in total. The minimum Gasteiger partial charge on any atom is -0.457 e. The maximum atomic E-state index is 12.3. The fourth-order valence-electron chi connectivity index (χ4n) is 3.81. The fraction of sp³-hybridized carbons (Fsp3) is 0.100. The first kappa shape index (κ1) is 25.4. The van der Waals surface area contributed by atoms with Crippen molar-refractivity contribution in [2.75, 3.05) is 5.32 Å². The zero-order valence-electron chi connectivity index (χ0n) is 20.7. The minimum absolute atomic E-state index is 0.178. The molecule has 0 atom stereocenters. The van der Waals surface area contributed by atoms with Crippen molar-refractivity contribution in [1.29, 1.82) is 0 Å². The van der Waals surface area contributed by atoms with Gasteiger partial charge in [-0.1, -0.05) is 31.5 Å². The topological polar surface area (TPSA) is 80.3 Å². The Morgan fingerprint density at radius 1 is 0.947 bits per heavy atom. The molecule has 0 fully saturated rings. The second-order valence-corrected chi connectivity index (χ2v) is 9.81. The molecule has 0 aliphatic carbocycles. The van der Waals surface area contributed by atoms with E-state index in [4.69, 9.17) is 32.7 Å². The quantitative estimate of drug-likeness (QED) is 0.167. The molecular weight excluding hydrogens is 518 g/mol. The van der Waals surface area contributed by atoms with Gasteiger partial charge in [-0.2, -0.15) is 0 Å². The molecule has 1 amide bonds. The smallest absolute Gasteiger partial charge is 0.250 e. The summed E-state index contributed by atoms with van der Waals surface area (Å²) in [7, 11) is 0. The van der Waals surface area contributed by atoms with Gasteiger partial charge >= 0.3 is 0 Å². The second kappa shape index (κ2) is 11.0. The number of hydrogen-bond donors (Lipinski definition) is 2. The van der Waals surface area contributed by atoms with Crippen molar-refractivity contribution in [2.45, 2.75) is 19.8 Å². The van der Waals surface area contributed by atoms with Crippen molar-refractivity contribution in [3.8, 4) is 22.8 Å². The summed E-state index contributed by atoms with van der Waals surface area (Å²) < 4.78 is 11.7. The zero-order chi connectivity index (χ0) is 26.6. The van der Waals surface area contributed by atoms with E-state index in [0.29, 0.717) is 28.4 Å². The largest absolute Gasteiger partial charge is 0.457 e. The van der Waals surface area contributed by atoms with Crippen molar-refractivity contribution in [3.63, 3.8) is 0 Å². The normalized spacial score (nSPS) is 11.4. The molecule has 5 rings (SSSR count). The molecule has 2 heterocycles. The summed E-state index contributed by atoms with van der Waals surface area (Å²) in [5, 5.41) is 6.47. The van der Waals surface area contributed by atoms with Crippen molar-refractivity contribution in [3.05, 3.63) is 101 Å². The number of rotatable bonds is 6. The molecule has 0 saturated heterocycles. The molecule has 3 aromatic carbocycles. The molecule has 0 unspecified atom stereocenters. The van der Waals surface area contributed by atoms with Gasteiger partial charge in [0.1, 0.15) is 17.0 Å². The number of fused-ring (bicyclic) bond motifs is 1. The second-order valence-electron chi connectivity index (χ2n) is 8.96. The number of halogens is 1. The van der Waals surface area contributed by atoms with Crippen molar-refractivity contribution >= 4 is 57.7 Å². The van der Waals surface area contributed by atoms with Crippen LogP contribution in [0.2, 0.25) is 5.02 Å². The molecule has 5 aromatic rings. The van der Waals surface area contributed by atoms with Gasteiger partial charge in [-0.3, -0.25) is 10.1 Å². The Kier molecular flexibility index (Phi) is 7.40. The lowest BCUT2D eigenvalue weighted by molar-refractivity contribution is -0.115. The predicted molar refractivity (Wildman–Crippen MR) is 156 cm³/mol. The highest BCUT2D eigenvalue weighted by atomic mass is 35.5. The van der Waals surface area contributed by atoms with Crippen LogP contribution in [0.1, 0.15) is 31.1 Å². The number of nitrogens with zero attached hydrogens (tertiary/aromatic N) is 1. The number of nitrogens with one attached hydrogen (secondary N) is 2. The average molecular weight is 542 g/mol. The average Bonchev–Trinajstić information content (AvgIpc) is 3.55. The number of oxazole rings is 1. The van der Waals surface area contributed by atoms with E-state index in [-0.39, 0.29) is 11.0 Å². The van der Waals surface area contributed by atoms with Crippen LogP contribution in [-0.4, -0.2) is 16.0 Å². The molecule has 0 aliphatic heterocycles. The number of carbonyl (C=O) groups excluding carboxylic acids is 1. The molecular formula is C30H24ClN3O3S. The van der Waals surface area contributed by atoms with Crippen LogP contribution in [0, 0.1) is 0 Å². The lowest BCUT2D eigenvalue weighted by Crippen LogP contribution is -2.32. The van der Waals surface area contributed by atoms with Gasteiger partial charge in [0, 0.05) is 27.9 Å².